The molecule has 0 radical (unpaired) electrons. The summed E-state index contributed by atoms with van der Waals surface area (Å²) in [7, 11) is 1.49. The summed E-state index contributed by atoms with van der Waals surface area (Å²) in [5.41, 5.74) is 2.89. The summed E-state index contributed by atoms with van der Waals surface area (Å²) in [5.74, 6) is 0.0171. The molecular weight excluding hydrogens is 322 g/mol. The van der Waals surface area contributed by atoms with Crippen LogP contribution >= 0.6 is 11.3 Å². The Morgan fingerprint density at radius 2 is 2.04 bits per heavy atom. The molecule has 0 spiro atoms. The molecule has 5 nitrogen and oxygen atoms in total. The highest BCUT2D eigenvalue weighted by Crippen LogP contribution is 2.24. The fraction of sp³-hybridized carbons (Fsp3) is 0.167. The van der Waals surface area contributed by atoms with Gasteiger partial charge >= 0.3 is 0 Å². The van der Waals surface area contributed by atoms with Crippen LogP contribution in [0.25, 0.3) is 0 Å². The van der Waals surface area contributed by atoms with E-state index in [4.69, 9.17) is 4.74 Å². The molecule has 0 atom stereocenters. The van der Waals surface area contributed by atoms with Crippen LogP contribution in [0.2, 0.25) is 0 Å². The van der Waals surface area contributed by atoms with Crippen molar-refractivity contribution in [2.45, 2.75) is 13.3 Å². The molecule has 0 aliphatic carbocycles. The van der Waals surface area contributed by atoms with E-state index in [0.29, 0.717) is 16.6 Å². The van der Waals surface area contributed by atoms with E-state index in [1.165, 1.54) is 29.6 Å². The number of nitrogens with one attached hydrogen (secondary N) is 1. The van der Waals surface area contributed by atoms with Crippen LogP contribution in [-0.4, -0.2) is 23.0 Å². The van der Waals surface area contributed by atoms with Crippen molar-refractivity contribution in [2.24, 2.45) is 0 Å². The topological polar surface area (TPSA) is 64.1 Å². The number of benzene rings is 1. The Hall–Kier alpha value is -2.73. The largest absolute Gasteiger partial charge is 0.480 e. The highest BCUT2D eigenvalue weighted by molar-refractivity contribution is 7.15. The molecule has 2 heterocycles. The average molecular weight is 339 g/mol. The van der Waals surface area contributed by atoms with E-state index in [0.717, 1.165) is 11.3 Å². The lowest BCUT2D eigenvalue weighted by Crippen LogP contribution is -2.13. The van der Waals surface area contributed by atoms with Crippen molar-refractivity contribution in [1.29, 1.82) is 0 Å². The summed E-state index contributed by atoms with van der Waals surface area (Å²) < 4.78 is 5.11. The second-order valence-corrected chi connectivity index (χ2v) is 6.36. The van der Waals surface area contributed by atoms with E-state index < -0.39 is 0 Å². The maximum Gasteiger partial charge on any atom is 0.262 e. The number of hydrogen-bond donors (Lipinski definition) is 1. The van der Waals surface area contributed by atoms with Gasteiger partial charge in [-0.3, -0.25) is 10.1 Å². The fourth-order valence-electron chi connectivity index (χ4n) is 2.33. The number of aryl methyl sites for hydroxylation is 1. The van der Waals surface area contributed by atoms with Crippen LogP contribution in [0.5, 0.6) is 5.88 Å². The van der Waals surface area contributed by atoms with Gasteiger partial charge in [-0.1, -0.05) is 24.3 Å². The molecule has 24 heavy (non-hydrogen) atoms. The second-order valence-electron chi connectivity index (χ2n) is 5.25. The number of amides is 1. The van der Waals surface area contributed by atoms with Gasteiger partial charge in [0, 0.05) is 23.7 Å². The maximum atomic E-state index is 12.4. The van der Waals surface area contributed by atoms with Gasteiger partial charge in [-0.15, -0.1) is 11.3 Å². The minimum atomic E-state index is -0.281. The minimum absolute atomic E-state index is 0.281. The van der Waals surface area contributed by atoms with Crippen LogP contribution in [0, 0.1) is 6.92 Å². The molecule has 0 saturated heterocycles. The zero-order valence-corrected chi connectivity index (χ0v) is 14.3. The molecule has 1 aromatic carbocycles. The SMILES string of the molecule is COc1ncccc1C(=O)Nc1ncc(Cc2ccccc2C)s1. The van der Waals surface area contributed by atoms with E-state index in [2.05, 4.69) is 34.3 Å². The molecular formula is C18H17N3O2S. The number of carbonyl (C=O) groups is 1. The van der Waals surface area contributed by atoms with Gasteiger partial charge in [0.15, 0.2) is 5.13 Å². The van der Waals surface area contributed by atoms with Gasteiger partial charge in [-0.2, -0.15) is 0 Å². The fourth-order valence-corrected chi connectivity index (χ4v) is 3.16. The Bertz CT molecular complexity index is 861. The van der Waals surface area contributed by atoms with E-state index in [1.54, 1.807) is 24.5 Å². The minimum Gasteiger partial charge on any atom is -0.480 e. The summed E-state index contributed by atoms with van der Waals surface area (Å²) >= 11 is 1.47. The molecule has 0 aliphatic heterocycles. The number of rotatable bonds is 5. The van der Waals surface area contributed by atoms with Gasteiger partial charge in [-0.25, -0.2) is 9.97 Å². The molecule has 0 fully saturated rings. The van der Waals surface area contributed by atoms with Crippen molar-refractivity contribution in [1.82, 2.24) is 9.97 Å². The van der Waals surface area contributed by atoms with Gasteiger partial charge in [-0.05, 0) is 30.2 Å². The Kier molecular flexibility index (Phi) is 4.86. The Morgan fingerprint density at radius 1 is 1.21 bits per heavy atom. The van der Waals surface area contributed by atoms with Gasteiger partial charge in [0.05, 0.1) is 7.11 Å². The third kappa shape index (κ3) is 3.60. The lowest BCUT2D eigenvalue weighted by atomic mass is 10.1. The average Bonchev–Trinajstić information content (AvgIpc) is 3.04. The third-order valence-electron chi connectivity index (χ3n) is 3.61. The Labute approximate surface area is 144 Å². The molecule has 0 saturated carbocycles. The molecule has 0 bridgehead atoms. The Balaban J connectivity index is 1.72. The van der Waals surface area contributed by atoms with E-state index in [9.17, 15) is 4.79 Å². The van der Waals surface area contributed by atoms with E-state index >= 15 is 0 Å². The first-order valence-electron chi connectivity index (χ1n) is 7.47. The number of thiazole rings is 1. The number of methoxy groups -OCH3 is 1. The van der Waals surface area contributed by atoms with Gasteiger partial charge in [0.25, 0.3) is 5.91 Å². The van der Waals surface area contributed by atoms with Crippen molar-refractivity contribution in [3.8, 4) is 5.88 Å². The lowest BCUT2D eigenvalue weighted by Gasteiger charge is -2.05. The van der Waals surface area contributed by atoms with Gasteiger partial charge in [0.2, 0.25) is 5.88 Å². The van der Waals surface area contributed by atoms with Crippen molar-refractivity contribution >= 4 is 22.4 Å². The standard InChI is InChI=1S/C18H17N3O2S/c1-12-6-3-4-7-13(12)10-14-11-20-18(24-14)21-16(22)15-8-5-9-19-17(15)23-2/h3-9,11H,10H2,1-2H3,(H,20,21,22). The molecule has 3 rings (SSSR count). The lowest BCUT2D eigenvalue weighted by molar-refractivity contribution is 0.102. The first-order valence-corrected chi connectivity index (χ1v) is 8.28. The monoisotopic (exact) mass is 339 g/mol. The number of anilines is 1. The van der Waals surface area contributed by atoms with Gasteiger partial charge < -0.3 is 4.74 Å². The quantitative estimate of drug-likeness (QED) is 0.770. The zero-order valence-electron chi connectivity index (χ0n) is 13.4. The van der Waals surface area contributed by atoms with Crippen molar-refractivity contribution < 1.29 is 9.53 Å². The second kappa shape index (κ2) is 7.23. The Morgan fingerprint density at radius 3 is 2.83 bits per heavy atom. The van der Waals surface area contributed by atoms with Crippen molar-refractivity contribution in [3.63, 3.8) is 0 Å². The van der Waals surface area contributed by atoms with Crippen LogP contribution in [0.4, 0.5) is 5.13 Å². The number of pyridine rings is 1. The van der Waals surface area contributed by atoms with E-state index in [1.807, 2.05) is 12.1 Å². The number of hydrogen-bond acceptors (Lipinski definition) is 5. The third-order valence-corrected chi connectivity index (χ3v) is 4.52. The predicted molar refractivity (Wildman–Crippen MR) is 94.8 cm³/mol. The molecule has 3 aromatic rings. The number of aromatic nitrogens is 2. The summed E-state index contributed by atoms with van der Waals surface area (Å²) in [4.78, 5) is 21.8. The normalized spacial score (nSPS) is 10.4. The first-order chi connectivity index (χ1) is 11.7. The summed E-state index contributed by atoms with van der Waals surface area (Å²) in [6, 6.07) is 11.6. The van der Waals surface area contributed by atoms with Gasteiger partial charge in [0.1, 0.15) is 5.56 Å². The maximum absolute atomic E-state index is 12.4. The number of ether oxygens (including phenoxy) is 1. The highest BCUT2D eigenvalue weighted by atomic mass is 32.1. The highest BCUT2D eigenvalue weighted by Gasteiger charge is 2.14. The van der Waals surface area contributed by atoms with Crippen LogP contribution in [-0.2, 0) is 6.42 Å². The van der Waals surface area contributed by atoms with Crippen LogP contribution in [0.15, 0.2) is 48.8 Å². The zero-order chi connectivity index (χ0) is 16.9. The number of nitrogens with zero attached hydrogens (tertiary/aromatic N) is 2. The predicted octanol–water partition coefficient (Wildman–Crippen LogP) is 3.70. The summed E-state index contributed by atoms with van der Waals surface area (Å²) in [5, 5.41) is 3.37. The van der Waals surface area contributed by atoms with E-state index in [-0.39, 0.29) is 5.91 Å². The molecule has 0 unspecified atom stereocenters. The molecule has 6 heteroatoms. The van der Waals surface area contributed by atoms with Crippen LogP contribution in [0.1, 0.15) is 26.4 Å². The molecule has 0 aliphatic rings. The molecule has 2 aromatic heterocycles. The molecule has 1 N–H and O–H groups in total. The van der Waals surface area contributed by atoms with Crippen LogP contribution < -0.4 is 10.1 Å². The van der Waals surface area contributed by atoms with Crippen LogP contribution in [0.3, 0.4) is 0 Å². The molecule has 1 amide bonds. The summed E-state index contributed by atoms with van der Waals surface area (Å²) in [6.45, 7) is 2.09. The van der Waals surface area contributed by atoms with Crippen molar-refractivity contribution in [2.75, 3.05) is 12.4 Å². The van der Waals surface area contributed by atoms with Crippen molar-refractivity contribution in [3.05, 3.63) is 70.4 Å². The smallest absolute Gasteiger partial charge is 0.262 e. The summed E-state index contributed by atoms with van der Waals surface area (Å²) in [6.07, 6.45) is 4.18. The first kappa shape index (κ1) is 16.1. The number of carbonyl (C=O) groups excluding carboxylic acids is 1. The molecule has 122 valence electrons.